The van der Waals surface area contributed by atoms with E-state index in [-0.39, 0.29) is 23.0 Å². The SMILES string of the molecule is COC(=O)C1=C(C(=O)OC)C2C(=Cc3ccc(OC)cc3)C1C13OC21C1CCC3C1. The van der Waals surface area contributed by atoms with Crippen molar-refractivity contribution in [3.8, 4) is 5.75 Å². The standard InChI is InChI=1S/C24H24O6/c1-27-15-8-4-12(5-9-15)10-16-19-17(21(25)28-2)18(22(26)29-3)20(16)24-14-7-6-13(11-14)23(19,24)30-24/h4-5,8-10,13-14,19-20H,6-7,11H2,1-3H3. The lowest BCUT2D eigenvalue weighted by molar-refractivity contribution is -0.140. The first-order chi connectivity index (χ1) is 14.5. The Morgan fingerprint density at radius 1 is 0.933 bits per heavy atom. The predicted octanol–water partition coefficient (Wildman–Crippen LogP) is 2.92. The van der Waals surface area contributed by atoms with Crippen molar-refractivity contribution in [1.29, 1.82) is 0 Å². The lowest BCUT2D eigenvalue weighted by Crippen LogP contribution is -2.42. The summed E-state index contributed by atoms with van der Waals surface area (Å²) in [6.07, 6.45) is 5.48. The Bertz CT molecular complexity index is 982. The molecule has 1 heterocycles. The van der Waals surface area contributed by atoms with E-state index in [4.69, 9.17) is 18.9 Å². The van der Waals surface area contributed by atoms with Crippen LogP contribution in [0.5, 0.6) is 5.75 Å². The van der Waals surface area contributed by atoms with Gasteiger partial charge in [-0.15, -0.1) is 0 Å². The lowest BCUT2D eigenvalue weighted by atomic mass is 9.69. The van der Waals surface area contributed by atoms with Crippen LogP contribution in [-0.4, -0.2) is 44.5 Å². The zero-order chi connectivity index (χ0) is 20.8. The van der Waals surface area contributed by atoms with Gasteiger partial charge in [-0.25, -0.2) is 9.59 Å². The number of fused-ring (bicyclic) bond motifs is 4. The van der Waals surface area contributed by atoms with Crippen LogP contribution in [0.1, 0.15) is 24.8 Å². The van der Waals surface area contributed by atoms with Gasteiger partial charge in [-0.1, -0.05) is 18.2 Å². The summed E-state index contributed by atoms with van der Waals surface area (Å²) in [7, 11) is 4.37. The van der Waals surface area contributed by atoms with Gasteiger partial charge in [0.2, 0.25) is 0 Å². The van der Waals surface area contributed by atoms with Gasteiger partial charge in [-0.05, 0) is 54.4 Å². The fourth-order valence-corrected chi connectivity index (χ4v) is 7.33. The van der Waals surface area contributed by atoms with Gasteiger partial charge in [-0.2, -0.15) is 0 Å². The van der Waals surface area contributed by atoms with Gasteiger partial charge >= 0.3 is 11.9 Å². The third-order valence-corrected chi connectivity index (χ3v) is 8.20. The molecule has 30 heavy (non-hydrogen) atoms. The van der Waals surface area contributed by atoms with Crippen LogP contribution >= 0.6 is 0 Å². The second-order valence-electron chi connectivity index (χ2n) is 8.99. The minimum atomic E-state index is -0.454. The first-order valence-electron chi connectivity index (χ1n) is 10.5. The van der Waals surface area contributed by atoms with Crippen LogP contribution in [0.15, 0.2) is 41.0 Å². The molecule has 6 rings (SSSR count). The Morgan fingerprint density at radius 2 is 1.47 bits per heavy atom. The fraction of sp³-hybridized carbons (Fsp3) is 0.500. The molecule has 1 aliphatic heterocycles. The van der Waals surface area contributed by atoms with E-state index in [2.05, 4.69) is 6.08 Å². The van der Waals surface area contributed by atoms with E-state index in [1.807, 2.05) is 24.3 Å². The van der Waals surface area contributed by atoms with Gasteiger partial charge in [0.15, 0.2) is 0 Å². The highest BCUT2D eigenvalue weighted by Crippen LogP contribution is 2.86. The molecule has 4 fully saturated rings. The van der Waals surface area contributed by atoms with Gasteiger partial charge in [0.1, 0.15) is 17.0 Å². The molecule has 4 aliphatic carbocycles. The third-order valence-electron chi connectivity index (χ3n) is 8.20. The summed E-state index contributed by atoms with van der Waals surface area (Å²) in [5.74, 6) is 0.233. The molecule has 1 aromatic carbocycles. The van der Waals surface area contributed by atoms with Crippen LogP contribution < -0.4 is 4.74 Å². The first-order valence-corrected chi connectivity index (χ1v) is 10.5. The molecule has 6 atom stereocenters. The number of esters is 2. The third kappa shape index (κ3) is 1.81. The number of carbonyl (C=O) groups excluding carboxylic acids is 2. The summed E-state index contributed by atoms with van der Waals surface area (Å²) in [5, 5.41) is 0. The summed E-state index contributed by atoms with van der Waals surface area (Å²) in [6.45, 7) is 0. The van der Waals surface area contributed by atoms with E-state index in [1.165, 1.54) is 14.2 Å². The van der Waals surface area contributed by atoms with E-state index in [9.17, 15) is 9.59 Å². The summed E-state index contributed by atoms with van der Waals surface area (Å²) in [6, 6.07) is 7.81. The summed E-state index contributed by atoms with van der Waals surface area (Å²) >= 11 is 0. The van der Waals surface area contributed by atoms with Crippen molar-refractivity contribution >= 4 is 18.0 Å². The minimum Gasteiger partial charge on any atom is -0.497 e. The van der Waals surface area contributed by atoms with E-state index in [1.54, 1.807) is 7.11 Å². The summed E-state index contributed by atoms with van der Waals surface area (Å²) < 4.78 is 22.1. The molecule has 1 saturated heterocycles. The molecule has 0 amide bonds. The first kappa shape index (κ1) is 18.2. The van der Waals surface area contributed by atoms with Crippen molar-refractivity contribution in [2.24, 2.45) is 23.7 Å². The Kier molecular flexibility index (Phi) is 3.49. The second kappa shape index (κ2) is 5.76. The smallest absolute Gasteiger partial charge is 0.335 e. The molecule has 156 valence electrons. The number of epoxide rings is 1. The summed E-state index contributed by atoms with van der Waals surface area (Å²) in [4.78, 5) is 25.8. The number of hydrogen-bond donors (Lipinski definition) is 0. The van der Waals surface area contributed by atoms with E-state index in [0.717, 1.165) is 36.1 Å². The number of rotatable bonds is 4. The number of methoxy groups -OCH3 is 3. The van der Waals surface area contributed by atoms with Crippen molar-refractivity contribution < 1.29 is 28.5 Å². The Morgan fingerprint density at radius 3 is 1.93 bits per heavy atom. The van der Waals surface area contributed by atoms with Crippen LogP contribution in [-0.2, 0) is 23.8 Å². The molecule has 1 aromatic rings. The fourth-order valence-electron chi connectivity index (χ4n) is 7.33. The molecular formula is C24H24O6. The second-order valence-corrected chi connectivity index (χ2v) is 8.99. The average molecular weight is 408 g/mol. The molecule has 0 aromatic heterocycles. The van der Waals surface area contributed by atoms with E-state index >= 15 is 0 Å². The number of ether oxygens (including phenoxy) is 4. The summed E-state index contributed by atoms with van der Waals surface area (Å²) in [5.41, 5.74) is 2.25. The molecule has 6 nitrogen and oxygen atoms in total. The van der Waals surface area contributed by atoms with Crippen LogP contribution in [0, 0.1) is 23.7 Å². The van der Waals surface area contributed by atoms with E-state index in [0.29, 0.717) is 23.0 Å². The van der Waals surface area contributed by atoms with Crippen molar-refractivity contribution in [2.45, 2.75) is 30.5 Å². The maximum atomic E-state index is 12.9. The molecule has 0 radical (unpaired) electrons. The quantitative estimate of drug-likeness (QED) is 0.563. The van der Waals surface area contributed by atoms with Crippen LogP contribution in [0.3, 0.4) is 0 Å². The van der Waals surface area contributed by atoms with E-state index < -0.39 is 11.9 Å². The molecule has 6 unspecified atom stereocenters. The molecule has 0 N–H and O–H groups in total. The Balaban J connectivity index is 1.54. The van der Waals surface area contributed by atoms with Crippen LogP contribution in [0.25, 0.3) is 6.08 Å². The number of benzene rings is 1. The Hall–Kier alpha value is -2.60. The predicted molar refractivity (Wildman–Crippen MR) is 106 cm³/mol. The van der Waals surface area contributed by atoms with Crippen molar-refractivity contribution in [1.82, 2.24) is 0 Å². The molecule has 6 heteroatoms. The maximum absolute atomic E-state index is 12.9. The highest BCUT2D eigenvalue weighted by Gasteiger charge is 2.94. The zero-order valence-corrected chi connectivity index (χ0v) is 17.3. The normalized spacial score (nSPS) is 39.0. The van der Waals surface area contributed by atoms with Crippen molar-refractivity contribution in [2.75, 3.05) is 21.3 Å². The highest BCUT2D eigenvalue weighted by atomic mass is 16.6. The molecule has 0 spiro atoms. The van der Waals surface area contributed by atoms with Gasteiger partial charge in [0, 0.05) is 11.8 Å². The van der Waals surface area contributed by atoms with Crippen molar-refractivity contribution in [3.63, 3.8) is 0 Å². The number of hydrogen-bond acceptors (Lipinski definition) is 6. The highest BCUT2D eigenvalue weighted by molar-refractivity contribution is 6.06. The maximum Gasteiger partial charge on any atom is 0.335 e. The topological polar surface area (TPSA) is 74.4 Å². The molecule has 3 saturated carbocycles. The monoisotopic (exact) mass is 408 g/mol. The Labute approximate surface area is 174 Å². The van der Waals surface area contributed by atoms with Gasteiger partial charge in [0.25, 0.3) is 0 Å². The molecule has 4 bridgehead atoms. The van der Waals surface area contributed by atoms with Crippen molar-refractivity contribution in [3.05, 3.63) is 46.5 Å². The van der Waals surface area contributed by atoms with Gasteiger partial charge in [0.05, 0.1) is 32.5 Å². The van der Waals surface area contributed by atoms with Crippen LogP contribution in [0.4, 0.5) is 0 Å². The largest absolute Gasteiger partial charge is 0.497 e. The molecular weight excluding hydrogens is 384 g/mol. The van der Waals surface area contributed by atoms with Crippen LogP contribution in [0.2, 0.25) is 0 Å². The minimum absolute atomic E-state index is 0.249. The zero-order valence-electron chi connectivity index (χ0n) is 17.3. The average Bonchev–Trinajstić information content (AvgIpc) is 3.06. The van der Waals surface area contributed by atoms with Gasteiger partial charge < -0.3 is 18.9 Å². The lowest BCUT2D eigenvalue weighted by Gasteiger charge is -2.29. The molecule has 5 aliphatic rings. The number of carbonyl (C=O) groups is 2. The van der Waals surface area contributed by atoms with Gasteiger partial charge in [-0.3, -0.25) is 0 Å².